The molecule has 1 aromatic heterocycles. The van der Waals surface area contributed by atoms with Crippen molar-refractivity contribution in [3.63, 3.8) is 0 Å². The molecule has 0 saturated carbocycles. The van der Waals surface area contributed by atoms with Crippen LogP contribution >= 0.6 is 0 Å². The number of aromatic nitrogens is 1. The summed E-state index contributed by atoms with van der Waals surface area (Å²) in [7, 11) is 2.03. The fourth-order valence-electron chi connectivity index (χ4n) is 3.04. The smallest absolute Gasteiger partial charge is 0.0910 e. The highest BCUT2D eigenvalue weighted by Gasteiger charge is 2.07. The van der Waals surface area contributed by atoms with Crippen LogP contribution in [-0.2, 0) is 12.8 Å². The van der Waals surface area contributed by atoms with E-state index in [1.807, 2.05) is 20.3 Å². The lowest BCUT2D eigenvalue weighted by Crippen LogP contribution is -2.14. The van der Waals surface area contributed by atoms with Gasteiger partial charge in [-0.3, -0.25) is 4.98 Å². The van der Waals surface area contributed by atoms with Gasteiger partial charge in [0.25, 0.3) is 0 Å². The lowest BCUT2D eigenvalue weighted by Gasteiger charge is -2.11. The number of rotatable bonds is 7. The van der Waals surface area contributed by atoms with Crippen LogP contribution in [0.15, 0.2) is 59.6 Å². The molecule has 0 aliphatic rings. The van der Waals surface area contributed by atoms with E-state index >= 15 is 0 Å². The molecule has 2 aromatic carbocycles. The summed E-state index contributed by atoms with van der Waals surface area (Å²) in [4.78, 5) is 11.5. The summed E-state index contributed by atoms with van der Waals surface area (Å²) in [5.41, 5.74) is 5.75. The summed E-state index contributed by atoms with van der Waals surface area (Å²) >= 11 is 0. The molecule has 3 nitrogen and oxygen atoms in total. The molecule has 0 N–H and O–H groups in total. The lowest BCUT2D eigenvalue weighted by atomic mass is 10.0. The number of benzene rings is 2. The average Bonchev–Trinajstić information content (AvgIpc) is 2.67. The minimum Gasteiger partial charge on any atom is -0.366 e. The van der Waals surface area contributed by atoms with Crippen LogP contribution in [0.3, 0.4) is 0 Å². The van der Waals surface area contributed by atoms with Gasteiger partial charge in [-0.2, -0.15) is 0 Å². The van der Waals surface area contributed by atoms with E-state index < -0.39 is 0 Å². The van der Waals surface area contributed by atoms with Gasteiger partial charge in [-0.15, -0.1) is 0 Å². The number of nitrogens with zero attached hydrogens (tertiary/aromatic N) is 3. The van der Waals surface area contributed by atoms with Gasteiger partial charge in [-0.05, 0) is 50.3 Å². The lowest BCUT2D eigenvalue weighted by molar-refractivity contribution is 0.552. The normalized spacial score (nSPS) is 11.3. The predicted octanol–water partition coefficient (Wildman–Crippen LogP) is 5.33. The summed E-state index contributed by atoms with van der Waals surface area (Å²) in [5.74, 6) is 0. The van der Waals surface area contributed by atoms with E-state index in [1.165, 1.54) is 16.5 Å². The Morgan fingerprint density at radius 1 is 1.04 bits per heavy atom. The second kappa shape index (κ2) is 8.61. The molecule has 3 heteroatoms. The Balaban J connectivity index is 1.79. The highest BCUT2D eigenvalue weighted by atomic mass is 15.1. The van der Waals surface area contributed by atoms with E-state index in [2.05, 4.69) is 71.4 Å². The Labute approximate surface area is 156 Å². The zero-order chi connectivity index (χ0) is 18.4. The van der Waals surface area contributed by atoms with Gasteiger partial charge in [-0.25, -0.2) is 4.99 Å². The van der Waals surface area contributed by atoms with E-state index in [0.29, 0.717) is 0 Å². The highest BCUT2D eigenvalue weighted by molar-refractivity contribution is 5.85. The molecular weight excluding hydrogens is 318 g/mol. The number of pyridine rings is 1. The summed E-state index contributed by atoms with van der Waals surface area (Å²) in [5, 5.41) is 1.17. The number of fused-ring (bicyclic) bond motifs is 1. The monoisotopic (exact) mass is 345 g/mol. The van der Waals surface area contributed by atoms with Crippen molar-refractivity contribution in [2.45, 2.75) is 33.1 Å². The zero-order valence-electron chi connectivity index (χ0n) is 15.9. The summed E-state index contributed by atoms with van der Waals surface area (Å²) in [6.45, 7) is 5.09. The molecule has 0 amide bonds. The Hall–Kier alpha value is -2.68. The van der Waals surface area contributed by atoms with Crippen molar-refractivity contribution in [3.8, 4) is 0 Å². The minimum atomic E-state index is 0.940. The Morgan fingerprint density at radius 2 is 1.85 bits per heavy atom. The second-order valence-corrected chi connectivity index (χ2v) is 6.74. The van der Waals surface area contributed by atoms with Gasteiger partial charge < -0.3 is 4.90 Å². The standard InChI is InChI=1S/C23H27N3/c1-4-26(3)17-24-22-16-21-15-9-14-20(23(21)25-18(22)2)13-8-12-19-10-6-5-7-11-19/h5-7,9-11,14-17H,4,8,12-13H2,1-3H3/b24-17+. The summed E-state index contributed by atoms with van der Waals surface area (Å²) in [6, 6.07) is 19.3. The molecule has 1 heterocycles. The number of aryl methyl sites for hydroxylation is 3. The third-order valence-corrected chi connectivity index (χ3v) is 4.74. The van der Waals surface area contributed by atoms with Crippen LogP contribution in [0.5, 0.6) is 0 Å². The fourth-order valence-corrected chi connectivity index (χ4v) is 3.04. The van der Waals surface area contributed by atoms with E-state index in [1.54, 1.807) is 0 Å². The van der Waals surface area contributed by atoms with Crippen LogP contribution in [0.25, 0.3) is 10.9 Å². The van der Waals surface area contributed by atoms with Crippen molar-refractivity contribution in [2.24, 2.45) is 4.99 Å². The quantitative estimate of drug-likeness (QED) is 0.428. The Morgan fingerprint density at radius 3 is 2.62 bits per heavy atom. The molecule has 0 unspecified atom stereocenters. The molecule has 0 saturated heterocycles. The highest BCUT2D eigenvalue weighted by Crippen LogP contribution is 2.26. The maximum Gasteiger partial charge on any atom is 0.0910 e. The van der Waals surface area contributed by atoms with Crippen molar-refractivity contribution >= 4 is 22.9 Å². The van der Waals surface area contributed by atoms with Crippen LogP contribution in [0.4, 0.5) is 5.69 Å². The summed E-state index contributed by atoms with van der Waals surface area (Å²) < 4.78 is 0. The second-order valence-electron chi connectivity index (χ2n) is 6.74. The van der Waals surface area contributed by atoms with Crippen molar-refractivity contribution < 1.29 is 0 Å². The first kappa shape index (κ1) is 18.1. The molecular formula is C23H27N3. The fraction of sp³-hybridized carbons (Fsp3) is 0.304. The van der Waals surface area contributed by atoms with Crippen LogP contribution in [0.1, 0.15) is 30.2 Å². The van der Waals surface area contributed by atoms with Crippen molar-refractivity contribution in [2.75, 3.05) is 13.6 Å². The van der Waals surface area contributed by atoms with Gasteiger partial charge in [0.2, 0.25) is 0 Å². The van der Waals surface area contributed by atoms with Gasteiger partial charge in [0, 0.05) is 19.0 Å². The third kappa shape index (κ3) is 4.48. The van der Waals surface area contributed by atoms with E-state index in [9.17, 15) is 0 Å². The van der Waals surface area contributed by atoms with Crippen molar-refractivity contribution in [1.82, 2.24) is 9.88 Å². The molecule has 134 valence electrons. The molecule has 0 aliphatic carbocycles. The van der Waals surface area contributed by atoms with Crippen LogP contribution < -0.4 is 0 Å². The van der Waals surface area contributed by atoms with Crippen molar-refractivity contribution in [1.29, 1.82) is 0 Å². The molecule has 3 rings (SSSR count). The predicted molar refractivity (Wildman–Crippen MR) is 111 cm³/mol. The molecule has 0 fully saturated rings. The topological polar surface area (TPSA) is 28.5 Å². The van der Waals surface area contributed by atoms with Gasteiger partial charge in [0.05, 0.1) is 23.2 Å². The maximum absolute atomic E-state index is 4.87. The first-order valence-electron chi connectivity index (χ1n) is 9.35. The van der Waals surface area contributed by atoms with E-state index in [-0.39, 0.29) is 0 Å². The molecule has 26 heavy (non-hydrogen) atoms. The van der Waals surface area contributed by atoms with E-state index in [0.717, 1.165) is 42.7 Å². The maximum atomic E-state index is 4.87. The molecule has 0 bridgehead atoms. The van der Waals surface area contributed by atoms with Gasteiger partial charge in [-0.1, -0.05) is 48.5 Å². The molecule has 0 aliphatic heterocycles. The SMILES string of the molecule is CCN(C)/C=N/c1cc2cccc(CCCc3ccccc3)c2nc1C. The zero-order valence-corrected chi connectivity index (χ0v) is 15.9. The molecule has 0 atom stereocenters. The average molecular weight is 345 g/mol. The first-order chi connectivity index (χ1) is 12.7. The van der Waals surface area contributed by atoms with Crippen LogP contribution in [-0.4, -0.2) is 29.8 Å². The molecule has 0 spiro atoms. The molecule has 0 radical (unpaired) electrons. The Bertz CT molecular complexity index is 885. The van der Waals surface area contributed by atoms with Gasteiger partial charge in [0.1, 0.15) is 0 Å². The van der Waals surface area contributed by atoms with Crippen LogP contribution in [0, 0.1) is 6.92 Å². The van der Waals surface area contributed by atoms with Gasteiger partial charge >= 0.3 is 0 Å². The first-order valence-corrected chi connectivity index (χ1v) is 9.35. The third-order valence-electron chi connectivity index (χ3n) is 4.74. The Kier molecular flexibility index (Phi) is 6.00. The number of hydrogen-bond acceptors (Lipinski definition) is 2. The molecule has 3 aromatic rings. The van der Waals surface area contributed by atoms with E-state index in [4.69, 9.17) is 4.98 Å². The van der Waals surface area contributed by atoms with Crippen LogP contribution in [0.2, 0.25) is 0 Å². The van der Waals surface area contributed by atoms with Crippen molar-refractivity contribution in [3.05, 3.63) is 71.4 Å². The van der Waals surface area contributed by atoms with Gasteiger partial charge in [0.15, 0.2) is 0 Å². The number of para-hydroxylation sites is 1. The number of hydrogen-bond donors (Lipinski definition) is 0. The minimum absolute atomic E-state index is 0.940. The largest absolute Gasteiger partial charge is 0.366 e. The number of aliphatic imine (C=N–C) groups is 1. The summed E-state index contributed by atoms with van der Waals surface area (Å²) in [6.07, 6.45) is 5.15.